The van der Waals surface area contributed by atoms with Crippen LogP contribution in [-0.2, 0) is 9.47 Å². The number of hydrogen-bond donors (Lipinski definition) is 1. The predicted octanol–water partition coefficient (Wildman–Crippen LogP) is 3.74. The maximum atomic E-state index is 12.5. The Bertz CT molecular complexity index is 996. The Balaban J connectivity index is 2.05. The third-order valence-electron chi connectivity index (χ3n) is 3.71. The van der Waals surface area contributed by atoms with Crippen molar-refractivity contribution in [3.05, 3.63) is 50.2 Å². The Morgan fingerprint density at radius 2 is 1.70 bits per heavy atom. The van der Waals surface area contributed by atoms with Crippen LogP contribution in [0.3, 0.4) is 0 Å². The lowest BCUT2D eigenvalue weighted by atomic mass is 10.1. The van der Waals surface area contributed by atoms with Gasteiger partial charge < -0.3 is 28.5 Å². The summed E-state index contributed by atoms with van der Waals surface area (Å²) in [6.07, 6.45) is 0. The molecule has 142 valence electrons. The van der Waals surface area contributed by atoms with Crippen molar-refractivity contribution in [2.24, 2.45) is 0 Å². The molecule has 0 aliphatic rings. The maximum absolute atomic E-state index is 12.5. The second-order valence-electron chi connectivity index (χ2n) is 5.51. The normalized spacial score (nSPS) is 10.9. The molecule has 0 spiro atoms. The van der Waals surface area contributed by atoms with Crippen LogP contribution in [0.15, 0.2) is 45.6 Å². The number of phenolic OH excluding ortho intramolecular Hbond substituents is 1. The highest BCUT2D eigenvalue weighted by molar-refractivity contribution is 14.1. The molecule has 1 heterocycles. The van der Waals surface area contributed by atoms with E-state index >= 15 is 0 Å². The lowest BCUT2D eigenvalue weighted by Gasteiger charge is -2.11. The first-order chi connectivity index (χ1) is 13.0. The van der Waals surface area contributed by atoms with E-state index in [1.54, 1.807) is 37.4 Å². The Hall–Kier alpha value is -2.30. The summed E-state index contributed by atoms with van der Waals surface area (Å²) in [5, 5.41) is 10.5. The number of rotatable bonds is 7. The van der Waals surface area contributed by atoms with Crippen LogP contribution in [0.4, 0.5) is 0 Å². The third kappa shape index (κ3) is 4.18. The number of fused-ring (bicyclic) bond motifs is 1. The van der Waals surface area contributed by atoms with Gasteiger partial charge in [-0.1, -0.05) is 0 Å². The van der Waals surface area contributed by atoms with E-state index in [9.17, 15) is 9.90 Å². The number of ether oxygens (including phenoxy) is 4. The molecule has 1 N–H and O–H groups in total. The van der Waals surface area contributed by atoms with Crippen LogP contribution in [-0.4, -0.2) is 32.9 Å². The van der Waals surface area contributed by atoms with Gasteiger partial charge in [0.05, 0.1) is 3.57 Å². The van der Waals surface area contributed by atoms with E-state index in [2.05, 4.69) is 0 Å². The minimum Gasteiger partial charge on any atom is -0.506 e. The van der Waals surface area contributed by atoms with Crippen molar-refractivity contribution in [3.63, 3.8) is 0 Å². The van der Waals surface area contributed by atoms with E-state index in [4.69, 9.17) is 23.4 Å². The first-order valence-electron chi connectivity index (χ1n) is 7.88. The number of aromatic hydroxyl groups is 1. The molecule has 0 radical (unpaired) electrons. The standard InChI is InChI=1S/C19H17IO7/c1-23-9-25-12-5-3-11(4-6-12)14-7-13(21)17-15(27-14)8-16(26-10-24-2)18(20)19(17)22/h3-8,22H,9-10H2,1-2H3. The van der Waals surface area contributed by atoms with Gasteiger partial charge in [0, 0.05) is 31.9 Å². The van der Waals surface area contributed by atoms with Crippen molar-refractivity contribution >= 4 is 33.6 Å². The number of hydrogen-bond acceptors (Lipinski definition) is 7. The molecule has 7 nitrogen and oxygen atoms in total. The summed E-state index contributed by atoms with van der Waals surface area (Å²) in [5.41, 5.74) is 0.567. The van der Waals surface area contributed by atoms with Crippen molar-refractivity contribution < 1.29 is 28.5 Å². The molecule has 3 aromatic rings. The Morgan fingerprint density at radius 1 is 1.04 bits per heavy atom. The molecule has 0 aliphatic carbocycles. The van der Waals surface area contributed by atoms with Crippen molar-refractivity contribution in [2.45, 2.75) is 0 Å². The molecule has 0 fully saturated rings. The first kappa shape index (κ1) is 19.5. The fraction of sp³-hybridized carbons (Fsp3) is 0.211. The van der Waals surface area contributed by atoms with Crippen LogP contribution in [0.2, 0.25) is 0 Å². The minimum atomic E-state index is -0.348. The second kappa shape index (κ2) is 8.59. The van der Waals surface area contributed by atoms with Gasteiger partial charge in [-0.2, -0.15) is 0 Å². The van der Waals surface area contributed by atoms with Gasteiger partial charge in [0.15, 0.2) is 19.0 Å². The number of halogens is 1. The summed E-state index contributed by atoms with van der Waals surface area (Å²) in [6.45, 7) is 0.153. The molecule has 1 aromatic heterocycles. The van der Waals surface area contributed by atoms with E-state index in [-0.39, 0.29) is 35.7 Å². The predicted molar refractivity (Wildman–Crippen MR) is 107 cm³/mol. The third-order valence-corrected chi connectivity index (χ3v) is 4.76. The molecule has 0 unspecified atom stereocenters. The number of methoxy groups -OCH3 is 2. The van der Waals surface area contributed by atoms with E-state index in [1.165, 1.54) is 13.2 Å². The fourth-order valence-electron chi connectivity index (χ4n) is 2.47. The Kier molecular flexibility index (Phi) is 6.19. The van der Waals surface area contributed by atoms with Crippen molar-refractivity contribution in [1.82, 2.24) is 0 Å². The minimum absolute atomic E-state index is 0.00775. The molecule has 3 rings (SSSR count). The van der Waals surface area contributed by atoms with Crippen LogP contribution < -0.4 is 14.9 Å². The molecule has 0 amide bonds. The molecule has 0 saturated heterocycles. The van der Waals surface area contributed by atoms with Crippen molar-refractivity contribution in [3.8, 4) is 28.6 Å². The Labute approximate surface area is 168 Å². The van der Waals surface area contributed by atoms with Gasteiger partial charge in [0.2, 0.25) is 0 Å². The molecule has 0 saturated carbocycles. The lowest BCUT2D eigenvalue weighted by molar-refractivity contribution is 0.0504. The average molecular weight is 484 g/mol. The molecule has 0 aliphatic heterocycles. The van der Waals surface area contributed by atoms with Crippen molar-refractivity contribution in [2.75, 3.05) is 27.8 Å². The largest absolute Gasteiger partial charge is 0.506 e. The zero-order valence-corrected chi connectivity index (χ0v) is 16.8. The van der Waals surface area contributed by atoms with Gasteiger partial charge in [-0.3, -0.25) is 4.79 Å². The fourth-order valence-corrected chi connectivity index (χ4v) is 3.05. The van der Waals surface area contributed by atoms with Crippen LogP contribution in [0.25, 0.3) is 22.3 Å². The van der Waals surface area contributed by atoms with Crippen LogP contribution in [0.5, 0.6) is 17.2 Å². The second-order valence-corrected chi connectivity index (χ2v) is 6.59. The van der Waals surface area contributed by atoms with Gasteiger partial charge in [0.25, 0.3) is 0 Å². The van der Waals surface area contributed by atoms with Crippen LogP contribution in [0, 0.1) is 3.57 Å². The highest BCUT2D eigenvalue weighted by Gasteiger charge is 2.17. The van der Waals surface area contributed by atoms with E-state index in [0.717, 1.165) is 0 Å². The molecule has 27 heavy (non-hydrogen) atoms. The molecule has 0 bridgehead atoms. The molecular formula is C19H17IO7. The molecular weight excluding hydrogens is 467 g/mol. The van der Waals surface area contributed by atoms with E-state index in [1.807, 2.05) is 22.6 Å². The molecule has 0 atom stereocenters. The summed E-state index contributed by atoms with van der Waals surface area (Å²) in [5.74, 6) is 1.18. The first-order valence-corrected chi connectivity index (χ1v) is 8.96. The molecule has 8 heteroatoms. The van der Waals surface area contributed by atoms with Crippen LogP contribution in [0.1, 0.15) is 0 Å². The van der Waals surface area contributed by atoms with Gasteiger partial charge in [-0.25, -0.2) is 0 Å². The highest BCUT2D eigenvalue weighted by Crippen LogP contribution is 2.37. The summed E-state index contributed by atoms with van der Waals surface area (Å²) in [4.78, 5) is 12.5. The highest BCUT2D eigenvalue weighted by atomic mass is 127. The SMILES string of the molecule is COCOc1ccc(-c2cc(=O)c3c(O)c(I)c(OCOC)cc3o2)cc1. The summed E-state index contributed by atoms with van der Waals surface area (Å²) >= 11 is 1.91. The topological polar surface area (TPSA) is 87.4 Å². The average Bonchev–Trinajstić information content (AvgIpc) is 2.68. The maximum Gasteiger partial charge on any atom is 0.197 e. The Morgan fingerprint density at radius 3 is 2.37 bits per heavy atom. The van der Waals surface area contributed by atoms with Gasteiger partial charge in [-0.05, 0) is 46.9 Å². The van der Waals surface area contributed by atoms with Gasteiger partial charge >= 0.3 is 0 Å². The lowest BCUT2D eigenvalue weighted by Crippen LogP contribution is -2.05. The summed E-state index contributed by atoms with van der Waals surface area (Å²) < 4.78 is 26.8. The van der Waals surface area contributed by atoms with Gasteiger partial charge in [-0.15, -0.1) is 0 Å². The monoisotopic (exact) mass is 484 g/mol. The summed E-state index contributed by atoms with van der Waals surface area (Å²) in [6, 6.07) is 9.94. The molecule has 2 aromatic carbocycles. The summed E-state index contributed by atoms with van der Waals surface area (Å²) in [7, 11) is 3.03. The van der Waals surface area contributed by atoms with Crippen molar-refractivity contribution in [1.29, 1.82) is 0 Å². The quantitative estimate of drug-likeness (QED) is 0.404. The zero-order valence-electron chi connectivity index (χ0n) is 14.7. The van der Waals surface area contributed by atoms with Gasteiger partial charge in [0.1, 0.15) is 34.0 Å². The smallest absolute Gasteiger partial charge is 0.197 e. The van der Waals surface area contributed by atoms with E-state index < -0.39 is 0 Å². The van der Waals surface area contributed by atoms with Crippen LogP contribution >= 0.6 is 22.6 Å². The number of phenols is 1. The zero-order chi connectivity index (χ0) is 19.4. The number of benzene rings is 2. The van der Waals surface area contributed by atoms with E-state index in [0.29, 0.717) is 26.4 Å².